The fourth-order valence-corrected chi connectivity index (χ4v) is 7.13. The number of aliphatic hydroxyl groups is 2. The van der Waals surface area contributed by atoms with Crippen LogP contribution in [0.1, 0.15) is 41.1 Å². The van der Waals surface area contributed by atoms with Crippen LogP contribution in [0.5, 0.6) is 5.75 Å². The molecule has 0 bridgehead atoms. The lowest BCUT2D eigenvalue weighted by Gasteiger charge is -2.29. The van der Waals surface area contributed by atoms with E-state index in [2.05, 4.69) is 15.5 Å². The fourth-order valence-electron chi connectivity index (χ4n) is 7.13. The number of rotatable bonds is 16. The number of benzene rings is 3. The highest BCUT2D eigenvalue weighted by molar-refractivity contribution is 5.80. The highest BCUT2D eigenvalue weighted by Gasteiger charge is 2.35. The highest BCUT2D eigenvalue weighted by atomic mass is 16.6. The third-order valence-corrected chi connectivity index (χ3v) is 10.1. The van der Waals surface area contributed by atoms with Gasteiger partial charge in [0.05, 0.1) is 50.7 Å². The Morgan fingerprint density at radius 1 is 0.902 bits per heavy atom. The Bertz CT molecular complexity index is 1530. The van der Waals surface area contributed by atoms with Crippen LogP contribution in [-0.2, 0) is 38.3 Å². The van der Waals surface area contributed by atoms with Crippen LogP contribution in [-0.4, -0.2) is 105 Å². The summed E-state index contributed by atoms with van der Waals surface area (Å²) >= 11 is 0. The van der Waals surface area contributed by atoms with E-state index in [1.54, 1.807) is 0 Å². The largest absolute Gasteiger partial charge is 0.492 e. The minimum Gasteiger partial charge on any atom is -0.492 e. The Kier molecular flexibility index (Phi) is 13.3. The average molecular weight is 702 g/mol. The lowest BCUT2D eigenvalue weighted by molar-refractivity contribution is -0.127. The maximum Gasteiger partial charge on any atom is 0.407 e. The maximum atomic E-state index is 14.1. The zero-order chi connectivity index (χ0) is 35.4. The number of fused-ring (bicyclic) bond motifs is 1. The maximum absolute atomic E-state index is 14.1. The molecule has 2 amide bonds. The Balaban J connectivity index is 1.15. The predicted molar refractivity (Wildman–Crippen MR) is 191 cm³/mol. The topological polar surface area (TPSA) is 139 Å². The second-order valence-electron chi connectivity index (χ2n) is 13.9. The van der Waals surface area contributed by atoms with E-state index in [0.29, 0.717) is 39.1 Å². The van der Waals surface area contributed by atoms with Crippen LogP contribution >= 0.6 is 0 Å². The summed E-state index contributed by atoms with van der Waals surface area (Å²) in [6.45, 7) is 6.13. The van der Waals surface area contributed by atoms with Gasteiger partial charge < -0.3 is 39.8 Å². The van der Waals surface area contributed by atoms with E-state index in [9.17, 15) is 19.8 Å². The molecule has 0 aromatic heterocycles. The molecule has 6 rings (SSSR count). The summed E-state index contributed by atoms with van der Waals surface area (Å²) in [6, 6.07) is 23.8. The number of ether oxygens (including phenoxy) is 4. The van der Waals surface area contributed by atoms with Gasteiger partial charge in [-0.25, -0.2) is 4.79 Å². The summed E-state index contributed by atoms with van der Waals surface area (Å²) in [6.07, 6.45) is -0.388. The summed E-state index contributed by atoms with van der Waals surface area (Å²) < 4.78 is 22.4. The molecule has 51 heavy (non-hydrogen) atoms. The van der Waals surface area contributed by atoms with Gasteiger partial charge in [-0.15, -0.1) is 0 Å². The van der Waals surface area contributed by atoms with E-state index in [1.165, 1.54) is 0 Å². The van der Waals surface area contributed by atoms with Gasteiger partial charge in [-0.1, -0.05) is 66.7 Å². The Hall–Kier alpha value is -4.00. The van der Waals surface area contributed by atoms with Crippen molar-refractivity contribution >= 4 is 12.0 Å². The van der Waals surface area contributed by atoms with Crippen molar-refractivity contribution in [1.82, 2.24) is 15.5 Å². The van der Waals surface area contributed by atoms with Crippen LogP contribution in [0.15, 0.2) is 78.9 Å². The van der Waals surface area contributed by atoms with Gasteiger partial charge >= 0.3 is 6.09 Å². The summed E-state index contributed by atoms with van der Waals surface area (Å²) in [5.41, 5.74) is 3.74. The number of hydrogen-bond donors (Lipinski definition) is 4. The van der Waals surface area contributed by atoms with Crippen molar-refractivity contribution in [2.75, 3.05) is 59.3 Å². The number of carbonyl (C=O) groups is 2. The molecule has 1 unspecified atom stereocenters. The smallest absolute Gasteiger partial charge is 0.407 e. The van der Waals surface area contributed by atoms with Gasteiger partial charge in [0.25, 0.3) is 0 Å². The summed E-state index contributed by atoms with van der Waals surface area (Å²) in [5.74, 6) is -0.0461. The molecule has 0 spiro atoms. The normalized spacial score (nSPS) is 22.0. The molecule has 3 aliphatic rings. The number of aliphatic hydroxyl groups excluding tert-OH is 2. The van der Waals surface area contributed by atoms with Crippen molar-refractivity contribution in [2.24, 2.45) is 11.8 Å². The van der Waals surface area contributed by atoms with E-state index in [-0.39, 0.29) is 24.9 Å². The Labute approximate surface area is 300 Å². The van der Waals surface area contributed by atoms with Gasteiger partial charge in [0.15, 0.2) is 0 Å². The molecule has 11 nitrogen and oxygen atoms in total. The van der Waals surface area contributed by atoms with Gasteiger partial charge in [0.2, 0.25) is 5.91 Å². The van der Waals surface area contributed by atoms with Crippen molar-refractivity contribution in [3.05, 3.63) is 101 Å². The van der Waals surface area contributed by atoms with Gasteiger partial charge in [0.1, 0.15) is 12.4 Å². The summed E-state index contributed by atoms with van der Waals surface area (Å²) in [5, 5.41) is 28.7. The van der Waals surface area contributed by atoms with Crippen molar-refractivity contribution in [1.29, 1.82) is 0 Å². The van der Waals surface area contributed by atoms with E-state index in [1.807, 2.05) is 78.9 Å². The quantitative estimate of drug-likeness (QED) is 0.177. The SMILES string of the molecule is O=C(N[C@@H](Cc1ccccc1)[C@@H](O)C[C@@H](Cc1ccc(OCCN2CCOCC2)cc1)C(=O)N[C@H]1c2ccccc2C[C@H]1O)OCC1CCOC1. The Morgan fingerprint density at radius 3 is 2.41 bits per heavy atom. The standard InChI is InChI=1S/C40H51N3O8/c44-36(35(23-28-6-2-1-3-7-28)41-40(47)51-27-30-14-18-49-26-30)25-32(39(46)42-38-34-9-5-4-8-31(34)24-37(38)45)22-29-10-12-33(13-11-29)50-21-17-43-15-19-48-20-16-43/h1-13,30,32,35-38,44-45H,14-27H2,(H,41,47)(H,42,46)/t30?,32-,35+,36+,37-,38+/m1/s1. The van der Waals surface area contributed by atoms with Gasteiger partial charge in [-0.05, 0) is 60.1 Å². The monoisotopic (exact) mass is 701 g/mol. The number of amides is 2. The number of nitrogens with one attached hydrogen (secondary N) is 2. The molecule has 3 aromatic rings. The molecular formula is C40H51N3O8. The summed E-state index contributed by atoms with van der Waals surface area (Å²) in [7, 11) is 0. The zero-order valence-electron chi connectivity index (χ0n) is 29.2. The van der Waals surface area contributed by atoms with Crippen LogP contribution in [0.3, 0.4) is 0 Å². The van der Waals surface area contributed by atoms with Crippen LogP contribution in [0.2, 0.25) is 0 Å². The molecule has 3 aromatic carbocycles. The minimum atomic E-state index is -1.08. The molecular weight excluding hydrogens is 650 g/mol. The molecule has 6 atom stereocenters. The number of morpholine rings is 1. The highest BCUT2D eigenvalue weighted by Crippen LogP contribution is 2.32. The average Bonchev–Trinajstić information content (AvgIpc) is 3.79. The van der Waals surface area contributed by atoms with E-state index in [4.69, 9.17) is 18.9 Å². The van der Waals surface area contributed by atoms with E-state index < -0.39 is 36.3 Å². The van der Waals surface area contributed by atoms with Gasteiger partial charge in [0, 0.05) is 44.5 Å². The molecule has 2 aliphatic heterocycles. The van der Waals surface area contributed by atoms with E-state index >= 15 is 0 Å². The molecule has 1 aliphatic carbocycles. The number of carbonyl (C=O) groups excluding carboxylic acids is 2. The summed E-state index contributed by atoms with van der Waals surface area (Å²) in [4.78, 5) is 29.4. The van der Waals surface area contributed by atoms with Crippen molar-refractivity contribution in [3.8, 4) is 5.75 Å². The molecule has 274 valence electrons. The zero-order valence-corrected chi connectivity index (χ0v) is 29.2. The molecule has 0 radical (unpaired) electrons. The fraction of sp³-hybridized carbons (Fsp3) is 0.500. The van der Waals surface area contributed by atoms with Crippen LogP contribution < -0.4 is 15.4 Å². The minimum absolute atomic E-state index is 0.0718. The number of alkyl carbamates (subject to hydrolysis) is 1. The van der Waals surface area contributed by atoms with E-state index in [0.717, 1.165) is 67.3 Å². The molecule has 2 saturated heterocycles. The third kappa shape index (κ3) is 10.8. The lowest BCUT2D eigenvalue weighted by Crippen LogP contribution is -2.47. The first-order valence-electron chi connectivity index (χ1n) is 18.2. The first-order valence-corrected chi connectivity index (χ1v) is 18.2. The van der Waals surface area contributed by atoms with Gasteiger partial charge in [-0.2, -0.15) is 0 Å². The van der Waals surface area contributed by atoms with Gasteiger partial charge in [-0.3, -0.25) is 9.69 Å². The first kappa shape index (κ1) is 36.8. The second-order valence-corrected chi connectivity index (χ2v) is 13.9. The van der Waals surface area contributed by atoms with Crippen LogP contribution in [0.25, 0.3) is 0 Å². The number of hydrogen-bond acceptors (Lipinski definition) is 9. The molecule has 4 N–H and O–H groups in total. The Morgan fingerprint density at radius 2 is 1.65 bits per heavy atom. The van der Waals surface area contributed by atoms with Crippen molar-refractivity contribution in [3.63, 3.8) is 0 Å². The van der Waals surface area contributed by atoms with Crippen molar-refractivity contribution < 1.29 is 38.7 Å². The molecule has 0 saturated carbocycles. The predicted octanol–water partition coefficient (Wildman–Crippen LogP) is 3.46. The van der Waals surface area contributed by atoms with Crippen molar-refractivity contribution in [2.45, 2.75) is 56.4 Å². The van der Waals surface area contributed by atoms with Crippen LogP contribution in [0.4, 0.5) is 4.79 Å². The van der Waals surface area contributed by atoms with Crippen LogP contribution in [0, 0.1) is 11.8 Å². The lowest BCUT2D eigenvalue weighted by atomic mass is 9.88. The number of nitrogens with zero attached hydrogens (tertiary/aromatic N) is 1. The first-order chi connectivity index (χ1) is 24.9. The molecule has 2 heterocycles. The molecule has 11 heteroatoms. The second kappa shape index (κ2) is 18.5. The third-order valence-electron chi connectivity index (χ3n) is 10.1. The molecule has 2 fully saturated rings.